The topological polar surface area (TPSA) is 59.8 Å². The molecule has 1 N–H and O–H groups in total. The molecule has 100 valence electrons. The molecule has 0 aliphatic rings. The van der Waals surface area contributed by atoms with E-state index in [2.05, 4.69) is 15.4 Å². The van der Waals surface area contributed by atoms with Gasteiger partial charge in [0.05, 0.1) is 11.7 Å². The largest absolute Gasteiger partial charge is 0.347 e. The van der Waals surface area contributed by atoms with Crippen LogP contribution < -0.4 is 5.32 Å². The summed E-state index contributed by atoms with van der Waals surface area (Å²) in [5.41, 5.74) is 2.20. The van der Waals surface area contributed by atoms with Gasteiger partial charge in [-0.05, 0) is 12.1 Å². The number of hydrogen-bond acceptors (Lipinski definition) is 3. The van der Waals surface area contributed by atoms with E-state index in [0.717, 1.165) is 16.5 Å². The van der Waals surface area contributed by atoms with E-state index < -0.39 is 0 Å². The number of carbonyl (C=O) groups is 1. The van der Waals surface area contributed by atoms with Crippen molar-refractivity contribution < 1.29 is 4.79 Å². The summed E-state index contributed by atoms with van der Waals surface area (Å²) in [6.45, 7) is 0.446. The van der Waals surface area contributed by atoms with Crippen molar-refractivity contribution in [2.24, 2.45) is 7.05 Å². The maximum absolute atomic E-state index is 12.1. The number of fused-ring (bicyclic) bond motifs is 1. The number of amides is 1. The molecule has 0 bridgehead atoms. The Morgan fingerprint density at radius 2 is 2.10 bits per heavy atom. The molecule has 2 heterocycles. The van der Waals surface area contributed by atoms with Crippen LogP contribution in [0.25, 0.3) is 10.9 Å². The molecule has 0 saturated carbocycles. The molecule has 3 rings (SSSR count). The number of nitrogens with zero attached hydrogens (tertiary/aromatic N) is 3. The molecule has 0 fully saturated rings. The first kappa shape index (κ1) is 12.3. The van der Waals surface area contributed by atoms with E-state index in [0.29, 0.717) is 12.2 Å². The van der Waals surface area contributed by atoms with Gasteiger partial charge >= 0.3 is 0 Å². The Bertz CT molecular complexity index is 763. The summed E-state index contributed by atoms with van der Waals surface area (Å²) in [4.78, 5) is 16.4. The molecule has 5 heteroatoms. The Hall–Kier alpha value is -2.69. The lowest BCUT2D eigenvalue weighted by molar-refractivity contribution is 0.0946. The van der Waals surface area contributed by atoms with Gasteiger partial charge in [0.2, 0.25) is 0 Å². The summed E-state index contributed by atoms with van der Waals surface area (Å²) in [5.74, 6) is -0.181. The van der Waals surface area contributed by atoms with E-state index in [9.17, 15) is 4.79 Å². The Morgan fingerprint density at radius 1 is 1.25 bits per heavy atom. The molecular weight excluding hydrogens is 252 g/mol. The first-order chi connectivity index (χ1) is 9.72. The van der Waals surface area contributed by atoms with Crippen LogP contribution in [-0.2, 0) is 13.6 Å². The maximum atomic E-state index is 12.1. The molecule has 3 aromatic rings. The van der Waals surface area contributed by atoms with Gasteiger partial charge in [0.1, 0.15) is 5.69 Å². The van der Waals surface area contributed by atoms with Gasteiger partial charge in [-0.25, -0.2) is 4.98 Å². The number of rotatable bonds is 3. The van der Waals surface area contributed by atoms with Gasteiger partial charge in [-0.1, -0.05) is 24.3 Å². The van der Waals surface area contributed by atoms with Crippen LogP contribution >= 0.6 is 0 Å². The highest BCUT2D eigenvalue weighted by Crippen LogP contribution is 2.11. The minimum absolute atomic E-state index is 0.181. The summed E-state index contributed by atoms with van der Waals surface area (Å²) in [5, 5.41) is 7.92. The number of hydrogen-bond donors (Lipinski definition) is 1. The molecule has 5 nitrogen and oxygen atoms in total. The van der Waals surface area contributed by atoms with Gasteiger partial charge in [-0.3, -0.25) is 9.48 Å². The van der Waals surface area contributed by atoms with E-state index in [1.54, 1.807) is 16.9 Å². The molecule has 0 aliphatic heterocycles. The van der Waals surface area contributed by atoms with Crippen molar-refractivity contribution in [1.29, 1.82) is 0 Å². The lowest BCUT2D eigenvalue weighted by Gasteiger charge is -2.04. The lowest BCUT2D eigenvalue weighted by Crippen LogP contribution is -2.23. The number of benzene rings is 1. The summed E-state index contributed by atoms with van der Waals surface area (Å²) in [6, 6.07) is 11.4. The molecule has 1 aromatic carbocycles. The predicted octanol–water partition coefficient (Wildman–Crippen LogP) is 1.90. The average Bonchev–Trinajstić information content (AvgIpc) is 2.90. The number of nitrogens with one attached hydrogen (secondary N) is 1. The first-order valence-corrected chi connectivity index (χ1v) is 6.34. The van der Waals surface area contributed by atoms with E-state index in [1.165, 1.54) is 0 Å². The Morgan fingerprint density at radius 3 is 2.90 bits per heavy atom. The minimum Gasteiger partial charge on any atom is -0.347 e. The smallest absolute Gasteiger partial charge is 0.270 e. The van der Waals surface area contributed by atoms with Crippen molar-refractivity contribution in [3.05, 3.63) is 60.0 Å². The van der Waals surface area contributed by atoms with E-state index >= 15 is 0 Å². The predicted molar refractivity (Wildman–Crippen MR) is 76.1 cm³/mol. The quantitative estimate of drug-likeness (QED) is 0.787. The van der Waals surface area contributed by atoms with Crippen molar-refractivity contribution in [2.45, 2.75) is 6.54 Å². The number of aryl methyl sites for hydroxylation is 1. The molecule has 0 unspecified atom stereocenters. The SMILES string of the molecule is Cn1cc(CNC(=O)c2ccc3ccccc3n2)cn1. The third kappa shape index (κ3) is 2.51. The molecule has 0 saturated heterocycles. The van der Waals surface area contributed by atoms with Crippen molar-refractivity contribution in [1.82, 2.24) is 20.1 Å². The highest BCUT2D eigenvalue weighted by molar-refractivity contribution is 5.94. The fourth-order valence-corrected chi connectivity index (χ4v) is 2.03. The molecule has 0 aliphatic carbocycles. The third-order valence-electron chi connectivity index (χ3n) is 3.04. The maximum Gasteiger partial charge on any atom is 0.270 e. The van der Waals surface area contributed by atoms with Crippen LogP contribution in [0.2, 0.25) is 0 Å². The lowest BCUT2D eigenvalue weighted by atomic mass is 10.2. The normalized spacial score (nSPS) is 10.7. The summed E-state index contributed by atoms with van der Waals surface area (Å²) >= 11 is 0. The van der Waals surface area contributed by atoms with Crippen LogP contribution in [0.3, 0.4) is 0 Å². The second kappa shape index (κ2) is 5.13. The summed E-state index contributed by atoms with van der Waals surface area (Å²) in [6.07, 6.45) is 3.60. The standard InChI is InChI=1S/C15H14N4O/c1-19-10-11(9-17-19)8-16-15(20)14-7-6-12-4-2-3-5-13(12)18-14/h2-7,9-10H,8H2,1H3,(H,16,20). The Kier molecular flexibility index (Phi) is 3.16. The van der Waals surface area contributed by atoms with Gasteiger partial charge in [0, 0.05) is 30.7 Å². The number of pyridine rings is 1. The monoisotopic (exact) mass is 266 g/mol. The molecule has 0 atom stereocenters. The zero-order chi connectivity index (χ0) is 13.9. The zero-order valence-corrected chi connectivity index (χ0v) is 11.1. The fourth-order valence-electron chi connectivity index (χ4n) is 2.03. The minimum atomic E-state index is -0.181. The van der Waals surface area contributed by atoms with Crippen LogP contribution in [0.4, 0.5) is 0 Å². The van der Waals surface area contributed by atoms with Gasteiger partial charge in [-0.15, -0.1) is 0 Å². The second-order valence-corrected chi connectivity index (χ2v) is 4.59. The van der Waals surface area contributed by atoms with Gasteiger partial charge < -0.3 is 5.32 Å². The number of aromatic nitrogens is 3. The average molecular weight is 266 g/mol. The number of para-hydroxylation sites is 1. The van der Waals surface area contributed by atoms with Crippen molar-refractivity contribution in [3.8, 4) is 0 Å². The van der Waals surface area contributed by atoms with Crippen molar-refractivity contribution in [3.63, 3.8) is 0 Å². The second-order valence-electron chi connectivity index (χ2n) is 4.59. The zero-order valence-electron chi connectivity index (χ0n) is 11.1. The van der Waals surface area contributed by atoms with Gasteiger partial charge in [-0.2, -0.15) is 5.10 Å². The summed E-state index contributed by atoms with van der Waals surface area (Å²) in [7, 11) is 1.84. The fraction of sp³-hybridized carbons (Fsp3) is 0.133. The van der Waals surface area contributed by atoms with Crippen molar-refractivity contribution in [2.75, 3.05) is 0 Å². The van der Waals surface area contributed by atoms with Gasteiger partial charge in [0.15, 0.2) is 0 Å². The molecule has 0 radical (unpaired) electrons. The van der Waals surface area contributed by atoms with Crippen molar-refractivity contribution >= 4 is 16.8 Å². The van der Waals surface area contributed by atoms with Crippen LogP contribution in [0, 0.1) is 0 Å². The molecule has 20 heavy (non-hydrogen) atoms. The molecular formula is C15H14N4O. The molecule has 2 aromatic heterocycles. The van der Waals surface area contributed by atoms with Gasteiger partial charge in [0.25, 0.3) is 5.91 Å². The molecule has 0 spiro atoms. The highest BCUT2D eigenvalue weighted by atomic mass is 16.1. The first-order valence-electron chi connectivity index (χ1n) is 6.34. The summed E-state index contributed by atoms with van der Waals surface area (Å²) < 4.78 is 1.70. The molecule has 1 amide bonds. The Balaban J connectivity index is 1.75. The van der Waals surface area contributed by atoms with E-state index in [1.807, 2.05) is 43.6 Å². The highest BCUT2D eigenvalue weighted by Gasteiger charge is 2.08. The Labute approximate surface area is 116 Å². The number of carbonyl (C=O) groups excluding carboxylic acids is 1. The third-order valence-corrected chi connectivity index (χ3v) is 3.04. The van der Waals surface area contributed by atoms with E-state index in [4.69, 9.17) is 0 Å². The van der Waals surface area contributed by atoms with E-state index in [-0.39, 0.29) is 5.91 Å². The van der Waals surface area contributed by atoms with Crippen LogP contribution in [0.1, 0.15) is 16.1 Å². The van der Waals surface area contributed by atoms with Crippen LogP contribution in [0.5, 0.6) is 0 Å². The van der Waals surface area contributed by atoms with Crippen LogP contribution in [0.15, 0.2) is 48.8 Å². The van der Waals surface area contributed by atoms with Crippen LogP contribution in [-0.4, -0.2) is 20.7 Å².